The van der Waals surface area contributed by atoms with E-state index < -0.39 is 0 Å². The summed E-state index contributed by atoms with van der Waals surface area (Å²) < 4.78 is 1.81. The van der Waals surface area contributed by atoms with Gasteiger partial charge in [0, 0.05) is 30.3 Å². The molecule has 1 aliphatic carbocycles. The minimum atomic E-state index is 0.329. The lowest BCUT2D eigenvalue weighted by molar-refractivity contribution is 0.604. The van der Waals surface area contributed by atoms with Gasteiger partial charge in [-0.2, -0.15) is 10.4 Å². The van der Waals surface area contributed by atoms with Crippen molar-refractivity contribution in [2.24, 2.45) is 12.5 Å². The summed E-state index contributed by atoms with van der Waals surface area (Å²) in [4.78, 5) is 1.21. The second-order valence-electron chi connectivity index (χ2n) is 3.97. The second-order valence-corrected chi connectivity index (χ2v) is 5.02. The molecule has 0 spiro atoms. The van der Waals surface area contributed by atoms with E-state index in [-0.39, 0.29) is 0 Å². The molecule has 0 atom stereocenters. The SMILES string of the molecule is Cn1cc(SCC2(CC#N)CC2)cn1. The van der Waals surface area contributed by atoms with Crippen LogP contribution in [0.3, 0.4) is 0 Å². The third-order valence-electron chi connectivity index (χ3n) is 2.64. The van der Waals surface area contributed by atoms with Crippen LogP contribution in [-0.2, 0) is 7.05 Å². The van der Waals surface area contributed by atoms with Crippen LogP contribution in [0.1, 0.15) is 19.3 Å². The van der Waals surface area contributed by atoms with Gasteiger partial charge in [-0.05, 0) is 18.3 Å². The smallest absolute Gasteiger partial charge is 0.0627 e. The van der Waals surface area contributed by atoms with Gasteiger partial charge in [0.1, 0.15) is 0 Å². The van der Waals surface area contributed by atoms with Crippen LogP contribution in [0.25, 0.3) is 0 Å². The van der Waals surface area contributed by atoms with Crippen molar-refractivity contribution in [2.75, 3.05) is 5.75 Å². The average molecular weight is 207 g/mol. The molecule has 0 bridgehead atoms. The summed E-state index contributed by atoms with van der Waals surface area (Å²) >= 11 is 1.82. The predicted octanol–water partition coefficient (Wildman–Crippen LogP) is 2.21. The van der Waals surface area contributed by atoms with Crippen LogP contribution in [0, 0.1) is 16.7 Å². The van der Waals surface area contributed by atoms with E-state index in [2.05, 4.69) is 11.2 Å². The van der Waals surface area contributed by atoms with Gasteiger partial charge in [-0.15, -0.1) is 11.8 Å². The van der Waals surface area contributed by atoms with Gasteiger partial charge in [-0.3, -0.25) is 4.68 Å². The zero-order chi connectivity index (χ0) is 10.0. The fourth-order valence-corrected chi connectivity index (χ4v) is 2.64. The van der Waals surface area contributed by atoms with Crippen molar-refractivity contribution in [3.8, 4) is 6.07 Å². The van der Waals surface area contributed by atoms with Crippen LogP contribution in [0.15, 0.2) is 17.3 Å². The summed E-state index contributed by atoms with van der Waals surface area (Å²) in [5, 5.41) is 12.8. The second kappa shape index (κ2) is 3.66. The summed E-state index contributed by atoms with van der Waals surface area (Å²) in [6.07, 6.45) is 7.04. The molecule has 14 heavy (non-hydrogen) atoms. The van der Waals surface area contributed by atoms with Gasteiger partial charge in [-0.1, -0.05) is 0 Å². The molecule has 3 nitrogen and oxygen atoms in total. The average Bonchev–Trinajstić information content (AvgIpc) is 2.80. The fourth-order valence-electron chi connectivity index (χ4n) is 1.43. The molecule has 4 heteroatoms. The predicted molar refractivity (Wildman–Crippen MR) is 55.8 cm³/mol. The molecule has 0 aromatic carbocycles. The van der Waals surface area contributed by atoms with Gasteiger partial charge in [0.2, 0.25) is 0 Å². The number of rotatable bonds is 4. The molecule has 1 aromatic heterocycles. The minimum Gasteiger partial charge on any atom is -0.275 e. The third-order valence-corrected chi connectivity index (χ3v) is 3.94. The third kappa shape index (κ3) is 2.10. The molecule has 1 aliphatic rings. The van der Waals surface area contributed by atoms with Gasteiger partial charge >= 0.3 is 0 Å². The first-order valence-electron chi connectivity index (χ1n) is 4.73. The van der Waals surface area contributed by atoms with Crippen molar-refractivity contribution in [3.63, 3.8) is 0 Å². The molecule has 0 radical (unpaired) electrons. The molecule has 1 saturated carbocycles. The molecule has 1 heterocycles. The summed E-state index contributed by atoms with van der Waals surface area (Å²) in [5.74, 6) is 1.06. The number of nitrogens with zero attached hydrogens (tertiary/aromatic N) is 3. The van der Waals surface area contributed by atoms with Crippen LogP contribution < -0.4 is 0 Å². The van der Waals surface area contributed by atoms with E-state index in [9.17, 15) is 0 Å². The van der Waals surface area contributed by atoms with E-state index in [1.165, 1.54) is 17.7 Å². The number of aromatic nitrogens is 2. The number of thioether (sulfide) groups is 1. The number of hydrogen-bond acceptors (Lipinski definition) is 3. The lowest BCUT2D eigenvalue weighted by Gasteiger charge is -2.07. The van der Waals surface area contributed by atoms with Crippen LogP contribution in [0.5, 0.6) is 0 Å². The van der Waals surface area contributed by atoms with E-state index in [1.807, 2.05) is 35.9 Å². The maximum atomic E-state index is 8.67. The van der Waals surface area contributed by atoms with Crippen molar-refractivity contribution in [2.45, 2.75) is 24.2 Å². The van der Waals surface area contributed by atoms with E-state index in [1.54, 1.807) is 0 Å². The highest BCUT2D eigenvalue weighted by atomic mass is 32.2. The zero-order valence-corrected chi connectivity index (χ0v) is 9.05. The molecule has 0 N–H and O–H groups in total. The highest BCUT2D eigenvalue weighted by Crippen LogP contribution is 2.51. The molecule has 0 amide bonds. The van der Waals surface area contributed by atoms with Gasteiger partial charge < -0.3 is 0 Å². The minimum absolute atomic E-state index is 0.329. The van der Waals surface area contributed by atoms with Crippen LogP contribution >= 0.6 is 11.8 Å². The van der Waals surface area contributed by atoms with Crippen molar-refractivity contribution < 1.29 is 0 Å². The summed E-state index contributed by atoms with van der Waals surface area (Å²) in [6, 6.07) is 2.28. The molecule has 74 valence electrons. The van der Waals surface area contributed by atoms with Crippen molar-refractivity contribution in [1.82, 2.24) is 9.78 Å². The Labute approximate surface area is 88.1 Å². The Morgan fingerprint density at radius 2 is 2.50 bits per heavy atom. The van der Waals surface area contributed by atoms with Crippen LogP contribution in [0.4, 0.5) is 0 Å². The van der Waals surface area contributed by atoms with E-state index in [0.29, 0.717) is 11.8 Å². The molecule has 2 rings (SSSR count). The highest BCUT2D eigenvalue weighted by molar-refractivity contribution is 7.99. The molecule has 0 unspecified atom stereocenters. The molecule has 1 fully saturated rings. The molecular weight excluding hydrogens is 194 g/mol. The zero-order valence-electron chi connectivity index (χ0n) is 8.23. The van der Waals surface area contributed by atoms with Gasteiger partial charge in [0.05, 0.1) is 12.3 Å². The Morgan fingerprint density at radius 1 is 1.71 bits per heavy atom. The first-order valence-corrected chi connectivity index (χ1v) is 5.71. The standard InChI is InChI=1S/C10H13N3S/c1-13-7-9(6-12-13)14-8-10(2-3-10)4-5-11/h6-7H,2-4,8H2,1H3. The Hall–Kier alpha value is -0.950. The summed E-state index contributed by atoms with van der Waals surface area (Å²) in [7, 11) is 1.92. The van der Waals surface area contributed by atoms with E-state index in [4.69, 9.17) is 5.26 Å². The van der Waals surface area contributed by atoms with Crippen molar-refractivity contribution in [1.29, 1.82) is 5.26 Å². The largest absolute Gasteiger partial charge is 0.275 e. The summed E-state index contributed by atoms with van der Waals surface area (Å²) in [5.41, 5.74) is 0.329. The maximum absolute atomic E-state index is 8.67. The van der Waals surface area contributed by atoms with Crippen LogP contribution in [-0.4, -0.2) is 15.5 Å². The maximum Gasteiger partial charge on any atom is 0.0627 e. The topological polar surface area (TPSA) is 41.6 Å². The summed E-state index contributed by atoms with van der Waals surface area (Å²) in [6.45, 7) is 0. The normalized spacial score (nSPS) is 17.7. The van der Waals surface area contributed by atoms with E-state index in [0.717, 1.165) is 5.75 Å². The molecule has 0 aliphatic heterocycles. The monoisotopic (exact) mass is 207 g/mol. The van der Waals surface area contributed by atoms with Crippen LogP contribution in [0.2, 0.25) is 0 Å². The number of aryl methyl sites for hydroxylation is 1. The molecular formula is C10H13N3S. The van der Waals surface area contributed by atoms with Gasteiger partial charge in [-0.25, -0.2) is 0 Å². The first kappa shape index (κ1) is 9.60. The lowest BCUT2D eigenvalue weighted by Crippen LogP contribution is -2.01. The number of nitriles is 1. The first-order chi connectivity index (χ1) is 6.74. The van der Waals surface area contributed by atoms with E-state index >= 15 is 0 Å². The quantitative estimate of drug-likeness (QED) is 0.711. The highest BCUT2D eigenvalue weighted by Gasteiger charge is 2.42. The fraction of sp³-hybridized carbons (Fsp3) is 0.600. The number of hydrogen-bond donors (Lipinski definition) is 0. The van der Waals surface area contributed by atoms with Gasteiger partial charge in [0.15, 0.2) is 0 Å². The molecule has 1 aromatic rings. The van der Waals surface area contributed by atoms with Crippen molar-refractivity contribution >= 4 is 11.8 Å². The lowest BCUT2D eigenvalue weighted by atomic mass is 10.1. The Bertz CT molecular complexity index is 360. The Balaban J connectivity index is 1.86. The Kier molecular flexibility index (Phi) is 2.51. The Morgan fingerprint density at radius 3 is 3.00 bits per heavy atom. The molecule has 0 saturated heterocycles. The van der Waals surface area contributed by atoms with Crippen molar-refractivity contribution in [3.05, 3.63) is 12.4 Å². The van der Waals surface area contributed by atoms with Gasteiger partial charge in [0.25, 0.3) is 0 Å².